The van der Waals surface area contributed by atoms with E-state index < -0.39 is 24.3 Å². The van der Waals surface area contributed by atoms with E-state index in [1.807, 2.05) is 13.0 Å². The lowest BCUT2D eigenvalue weighted by Crippen LogP contribution is -2.45. The standard InChI is InChI=1S/C36H41FN4O8/c1-6-11-25-16-23(17-30(47-8-3)34(25)49-20-26-12-9-10-13-27(26)37)19-38-41-31(42)21-48-28-15-14-24(18-29(28)46-7-2)33-32(35(43)45-5)22(4)39-36(44)40-33/h6,9-10,12-19,31,33,41-42H,1,7-8,11,20-21H2,2-5H3,(H2,39,40,44)/b38-19-/t31-,33+/m1/s1. The maximum absolute atomic E-state index is 14.2. The molecule has 0 spiro atoms. The van der Waals surface area contributed by atoms with E-state index in [2.05, 4.69) is 27.7 Å². The molecule has 3 aromatic rings. The van der Waals surface area contributed by atoms with Gasteiger partial charge in [-0.2, -0.15) is 5.10 Å². The van der Waals surface area contributed by atoms with E-state index in [0.29, 0.717) is 65.0 Å². The Morgan fingerprint density at radius 3 is 2.51 bits per heavy atom. The van der Waals surface area contributed by atoms with Crippen LogP contribution in [0.5, 0.6) is 23.0 Å². The first-order valence-corrected chi connectivity index (χ1v) is 15.7. The van der Waals surface area contributed by atoms with Crippen LogP contribution in [0, 0.1) is 5.82 Å². The van der Waals surface area contributed by atoms with Crippen LogP contribution in [0.4, 0.5) is 9.18 Å². The maximum Gasteiger partial charge on any atom is 0.337 e. The molecule has 0 fully saturated rings. The fourth-order valence-corrected chi connectivity index (χ4v) is 5.08. The largest absolute Gasteiger partial charge is 0.490 e. The molecule has 1 aliphatic heterocycles. The lowest BCUT2D eigenvalue weighted by Gasteiger charge is -2.28. The van der Waals surface area contributed by atoms with E-state index in [0.717, 1.165) is 5.56 Å². The van der Waals surface area contributed by atoms with Crippen LogP contribution in [0.3, 0.4) is 0 Å². The number of ether oxygens (including phenoxy) is 5. The molecule has 0 aromatic heterocycles. The van der Waals surface area contributed by atoms with Crippen molar-refractivity contribution < 1.29 is 42.8 Å². The molecule has 260 valence electrons. The number of urea groups is 1. The summed E-state index contributed by atoms with van der Waals surface area (Å²) in [6, 6.07) is 13.7. The molecule has 12 nitrogen and oxygen atoms in total. The van der Waals surface area contributed by atoms with Crippen molar-refractivity contribution in [1.82, 2.24) is 16.1 Å². The van der Waals surface area contributed by atoms with Crippen molar-refractivity contribution >= 4 is 18.2 Å². The Labute approximate surface area is 284 Å². The first-order chi connectivity index (χ1) is 23.7. The first kappa shape index (κ1) is 36.3. The zero-order valence-electron chi connectivity index (χ0n) is 27.9. The molecule has 1 aliphatic rings. The third kappa shape index (κ3) is 9.51. The third-order valence-corrected chi connectivity index (χ3v) is 7.26. The lowest BCUT2D eigenvalue weighted by molar-refractivity contribution is -0.136. The number of esters is 1. The summed E-state index contributed by atoms with van der Waals surface area (Å²) in [6.07, 6.45) is 2.50. The Kier molecular flexibility index (Phi) is 13.0. The second kappa shape index (κ2) is 17.6. The lowest BCUT2D eigenvalue weighted by atomic mass is 9.95. The Bertz CT molecular complexity index is 1710. The molecule has 0 saturated carbocycles. The number of amides is 2. The number of hydrazone groups is 1. The predicted octanol–water partition coefficient (Wildman–Crippen LogP) is 5.05. The average molecular weight is 677 g/mol. The number of nitrogens with zero attached hydrogens (tertiary/aromatic N) is 1. The molecule has 49 heavy (non-hydrogen) atoms. The van der Waals surface area contributed by atoms with Crippen LogP contribution in [0.15, 0.2) is 83.6 Å². The van der Waals surface area contributed by atoms with Crippen molar-refractivity contribution in [2.45, 2.75) is 46.1 Å². The molecule has 0 radical (unpaired) electrons. The van der Waals surface area contributed by atoms with Gasteiger partial charge < -0.3 is 39.4 Å². The van der Waals surface area contributed by atoms with Gasteiger partial charge in [0, 0.05) is 16.8 Å². The van der Waals surface area contributed by atoms with Crippen LogP contribution >= 0.6 is 0 Å². The topological polar surface area (TPSA) is 149 Å². The molecule has 0 unspecified atom stereocenters. The number of aliphatic hydroxyl groups is 1. The minimum absolute atomic E-state index is 0.0195. The first-order valence-electron chi connectivity index (χ1n) is 15.7. The van der Waals surface area contributed by atoms with Gasteiger partial charge in [-0.25, -0.2) is 14.0 Å². The summed E-state index contributed by atoms with van der Waals surface area (Å²) in [6.45, 7) is 9.62. The number of carbonyl (C=O) groups excluding carboxylic acids is 2. The summed E-state index contributed by atoms with van der Waals surface area (Å²) < 4.78 is 42.6. The number of carbonyl (C=O) groups is 2. The molecule has 0 bridgehead atoms. The van der Waals surface area contributed by atoms with E-state index >= 15 is 0 Å². The zero-order valence-corrected chi connectivity index (χ0v) is 27.9. The molecular formula is C36H41FN4O8. The SMILES string of the molecule is C=CCc1cc(/C=N\N[C@H](O)COc2ccc([C@@H]3NC(=O)NC(C)=C3C(=O)OC)cc2OCC)cc(OCC)c1OCc1ccccc1F. The molecule has 1 heterocycles. The normalized spacial score (nSPS) is 14.8. The summed E-state index contributed by atoms with van der Waals surface area (Å²) >= 11 is 0. The summed E-state index contributed by atoms with van der Waals surface area (Å²) in [5.41, 5.74) is 5.68. The molecule has 3 aromatic carbocycles. The second-order valence-electron chi connectivity index (χ2n) is 10.7. The number of hydrogen-bond donors (Lipinski definition) is 4. The number of benzene rings is 3. The number of methoxy groups -OCH3 is 1. The van der Waals surface area contributed by atoms with Gasteiger partial charge in [-0.05, 0) is 68.7 Å². The number of halogens is 1. The average Bonchev–Trinajstić information content (AvgIpc) is 3.08. The number of rotatable bonds is 17. The molecule has 4 rings (SSSR count). The van der Waals surface area contributed by atoms with E-state index in [4.69, 9.17) is 23.7 Å². The minimum atomic E-state index is -1.20. The van der Waals surface area contributed by atoms with Gasteiger partial charge in [-0.3, -0.25) is 5.43 Å². The summed E-state index contributed by atoms with van der Waals surface area (Å²) in [5, 5.41) is 20.1. The van der Waals surface area contributed by atoms with Crippen LogP contribution in [0.25, 0.3) is 0 Å². The summed E-state index contributed by atoms with van der Waals surface area (Å²) in [7, 11) is 1.27. The molecule has 2 atom stereocenters. The van der Waals surface area contributed by atoms with Crippen LogP contribution in [-0.2, 0) is 22.6 Å². The highest BCUT2D eigenvalue weighted by atomic mass is 19.1. The Morgan fingerprint density at radius 2 is 1.80 bits per heavy atom. The van der Waals surface area contributed by atoms with Crippen molar-refractivity contribution in [3.8, 4) is 23.0 Å². The molecule has 0 saturated heterocycles. The fourth-order valence-electron chi connectivity index (χ4n) is 5.08. The second-order valence-corrected chi connectivity index (χ2v) is 10.7. The molecule has 0 aliphatic carbocycles. The molecule has 2 amide bonds. The maximum atomic E-state index is 14.2. The van der Waals surface area contributed by atoms with Crippen molar-refractivity contribution in [2.24, 2.45) is 5.10 Å². The van der Waals surface area contributed by atoms with Crippen LogP contribution in [0.2, 0.25) is 0 Å². The molecule has 4 N–H and O–H groups in total. The van der Waals surface area contributed by atoms with E-state index in [1.54, 1.807) is 62.4 Å². The van der Waals surface area contributed by atoms with Gasteiger partial charge >= 0.3 is 12.0 Å². The highest BCUT2D eigenvalue weighted by Crippen LogP contribution is 2.36. The third-order valence-electron chi connectivity index (χ3n) is 7.26. The molecule has 13 heteroatoms. The van der Waals surface area contributed by atoms with Gasteiger partial charge in [-0.1, -0.05) is 30.3 Å². The fraction of sp³-hybridized carbons (Fsp3) is 0.306. The van der Waals surface area contributed by atoms with Crippen molar-refractivity contribution in [1.29, 1.82) is 0 Å². The highest BCUT2D eigenvalue weighted by molar-refractivity contribution is 5.95. The van der Waals surface area contributed by atoms with Crippen molar-refractivity contribution in [3.05, 3.63) is 107 Å². The highest BCUT2D eigenvalue weighted by Gasteiger charge is 2.32. The summed E-state index contributed by atoms with van der Waals surface area (Å²) in [5.74, 6) is 0.679. The van der Waals surface area contributed by atoms with Gasteiger partial charge in [0.05, 0.1) is 38.2 Å². The number of aliphatic hydroxyl groups excluding tert-OH is 1. The minimum Gasteiger partial charge on any atom is -0.490 e. The monoisotopic (exact) mass is 676 g/mol. The van der Waals surface area contributed by atoms with E-state index in [1.165, 1.54) is 19.4 Å². The number of nitrogens with one attached hydrogen (secondary N) is 3. The predicted molar refractivity (Wildman–Crippen MR) is 181 cm³/mol. The Balaban J connectivity index is 1.44. The summed E-state index contributed by atoms with van der Waals surface area (Å²) in [4.78, 5) is 24.7. The number of hydrogen-bond acceptors (Lipinski definition) is 10. The van der Waals surface area contributed by atoms with Crippen LogP contribution < -0.4 is 35.0 Å². The van der Waals surface area contributed by atoms with Gasteiger partial charge in [0.15, 0.2) is 29.2 Å². The van der Waals surface area contributed by atoms with Crippen LogP contribution in [-0.4, -0.2) is 56.5 Å². The smallest absolute Gasteiger partial charge is 0.337 e. The quantitative estimate of drug-likeness (QED) is 0.0507. The van der Waals surface area contributed by atoms with Gasteiger partial charge in [0.25, 0.3) is 0 Å². The van der Waals surface area contributed by atoms with Gasteiger partial charge in [-0.15, -0.1) is 6.58 Å². The zero-order chi connectivity index (χ0) is 35.3. The Hall–Kier alpha value is -5.56. The molecular weight excluding hydrogens is 635 g/mol. The van der Waals surface area contributed by atoms with Crippen molar-refractivity contribution in [3.63, 3.8) is 0 Å². The number of allylic oxidation sites excluding steroid dienone is 2. The van der Waals surface area contributed by atoms with Crippen LogP contribution in [0.1, 0.15) is 49.1 Å². The van der Waals surface area contributed by atoms with E-state index in [9.17, 15) is 19.1 Å². The van der Waals surface area contributed by atoms with Gasteiger partial charge in [0.1, 0.15) is 19.0 Å². The van der Waals surface area contributed by atoms with Gasteiger partial charge in [0.2, 0.25) is 0 Å². The van der Waals surface area contributed by atoms with Crippen molar-refractivity contribution in [2.75, 3.05) is 26.9 Å². The van der Waals surface area contributed by atoms with E-state index in [-0.39, 0.29) is 24.6 Å². The Morgan fingerprint density at radius 1 is 1.04 bits per heavy atom.